The molecule has 1 unspecified atom stereocenters. The van der Waals surface area contributed by atoms with Crippen molar-refractivity contribution in [2.75, 3.05) is 0 Å². The lowest BCUT2D eigenvalue weighted by molar-refractivity contribution is -0.150. The molecule has 3 rings (SSSR count). The smallest absolute Gasteiger partial charge is 0.331 e. The van der Waals surface area contributed by atoms with E-state index in [1.165, 1.54) is 11.1 Å². The summed E-state index contributed by atoms with van der Waals surface area (Å²) in [6, 6.07) is -0.971. The standard InChI is InChI=1S/C15H17N5O3/c1-3-4-6-15(17-18-15)7-5-12(21)20-9-11-10(8-16-19(11)2)13(20)14(22)23/h1,8,13H,4-7,9H2,2H3,(H,22,23). The zero-order valence-electron chi connectivity index (χ0n) is 12.8. The zero-order chi connectivity index (χ0) is 16.6. The van der Waals surface area contributed by atoms with Crippen molar-refractivity contribution in [3.05, 3.63) is 17.5 Å². The number of hydrogen-bond acceptors (Lipinski definition) is 5. The van der Waals surface area contributed by atoms with Gasteiger partial charge in [-0.1, -0.05) is 0 Å². The van der Waals surface area contributed by atoms with Gasteiger partial charge in [0.15, 0.2) is 11.7 Å². The average molecular weight is 315 g/mol. The Bertz CT molecular complexity index is 724. The summed E-state index contributed by atoms with van der Waals surface area (Å²) in [6.45, 7) is 0.257. The van der Waals surface area contributed by atoms with Crippen molar-refractivity contribution in [1.29, 1.82) is 0 Å². The number of terminal acetylenes is 1. The molecule has 8 nitrogen and oxygen atoms in total. The van der Waals surface area contributed by atoms with Crippen LogP contribution in [0.15, 0.2) is 16.4 Å². The second-order valence-corrected chi connectivity index (χ2v) is 5.82. The maximum Gasteiger partial charge on any atom is 0.331 e. The lowest BCUT2D eigenvalue weighted by Crippen LogP contribution is -2.34. The number of hydrogen-bond donors (Lipinski definition) is 1. The quantitative estimate of drug-likeness (QED) is 0.798. The molecule has 120 valence electrons. The summed E-state index contributed by atoms with van der Waals surface area (Å²) >= 11 is 0. The Morgan fingerprint density at radius 2 is 2.22 bits per heavy atom. The first kappa shape index (κ1) is 15.2. The minimum absolute atomic E-state index is 0.197. The van der Waals surface area contributed by atoms with Gasteiger partial charge >= 0.3 is 5.97 Å². The van der Waals surface area contributed by atoms with Crippen molar-refractivity contribution in [2.24, 2.45) is 17.3 Å². The Balaban J connectivity index is 1.66. The van der Waals surface area contributed by atoms with E-state index in [0.717, 1.165) is 5.69 Å². The molecule has 1 N–H and O–H groups in total. The number of rotatable bonds is 6. The maximum absolute atomic E-state index is 12.5. The fraction of sp³-hybridized carbons (Fsp3) is 0.533. The third kappa shape index (κ3) is 2.70. The summed E-state index contributed by atoms with van der Waals surface area (Å²) in [4.78, 5) is 25.4. The topological polar surface area (TPSA) is 100 Å². The fourth-order valence-corrected chi connectivity index (χ4v) is 2.94. The van der Waals surface area contributed by atoms with Crippen molar-refractivity contribution < 1.29 is 14.7 Å². The molecule has 0 saturated carbocycles. The third-order valence-corrected chi connectivity index (χ3v) is 4.37. The molecule has 2 aliphatic heterocycles. The van der Waals surface area contributed by atoms with Crippen LogP contribution < -0.4 is 0 Å². The SMILES string of the molecule is C#CCCC1(CCC(=O)N2Cc3c(cnn3C)C2C(=O)O)N=N1. The number of carboxylic acids is 1. The number of nitrogens with zero attached hydrogens (tertiary/aromatic N) is 5. The van der Waals surface area contributed by atoms with Crippen molar-refractivity contribution in [1.82, 2.24) is 14.7 Å². The van der Waals surface area contributed by atoms with E-state index in [0.29, 0.717) is 24.8 Å². The van der Waals surface area contributed by atoms with E-state index in [9.17, 15) is 14.7 Å². The van der Waals surface area contributed by atoms with E-state index in [1.54, 1.807) is 11.7 Å². The number of aromatic nitrogens is 2. The highest BCUT2D eigenvalue weighted by Gasteiger charge is 2.43. The average Bonchev–Trinajstić information content (AvgIpc) is 3.05. The molecule has 0 aromatic carbocycles. The van der Waals surface area contributed by atoms with Crippen LogP contribution in [-0.4, -0.2) is 37.3 Å². The summed E-state index contributed by atoms with van der Waals surface area (Å²) in [5.74, 6) is 1.28. The Hall–Kier alpha value is -2.69. The van der Waals surface area contributed by atoms with E-state index in [4.69, 9.17) is 6.42 Å². The molecule has 1 aromatic heterocycles. The summed E-state index contributed by atoms with van der Waals surface area (Å²) in [6.07, 6.45) is 8.60. The highest BCUT2D eigenvalue weighted by atomic mass is 16.4. The fourth-order valence-electron chi connectivity index (χ4n) is 2.94. The molecule has 1 amide bonds. The number of aliphatic carboxylic acids is 1. The summed E-state index contributed by atoms with van der Waals surface area (Å²) in [5, 5.41) is 21.5. The van der Waals surface area contributed by atoms with Gasteiger partial charge in [0.2, 0.25) is 5.91 Å². The molecular weight excluding hydrogens is 298 g/mol. The van der Waals surface area contributed by atoms with E-state index >= 15 is 0 Å². The van der Waals surface area contributed by atoms with Crippen LogP contribution in [0.5, 0.6) is 0 Å². The van der Waals surface area contributed by atoms with E-state index in [-0.39, 0.29) is 18.9 Å². The van der Waals surface area contributed by atoms with Gasteiger partial charge in [-0.25, -0.2) is 4.79 Å². The molecule has 1 aromatic rings. The first-order valence-electron chi connectivity index (χ1n) is 7.38. The minimum Gasteiger partial charge on any atom is -0.479 e. The normalized spacial score (nSPS) is 20.2. The Morgan fingerprint density at radius 1 is 1.48 bits per heavy atom. The molecule has 0 bridgehead atoms. The predicted octanol–water partition coefficient (Wildman–Crippen LogP) is 1.24. The predicted molar refractivity (Wildman–Crippen MR) is 79.0 cm³/mol. The van der Waals surface area contributed by atoms with Gasteiger partial charge in [0, 0.05) is 38.3 Å². The van der Waals surface area contributed by atoms with Gasteiger partial charge in [-0.15, -0.1) is 12.3 Å². The number of aryl methyl sites for hydroxylation is 1. The molecule has 3 heterocycles. The molecule has 0 aliphatic carbocycles. The van der Waals surface area contributed by atoms with Crippen LogP contribution in [0.4, 0.5) is 0 Å². The number of amides is 1. The highest BCUT2D eigenvalue weighted by Crippen LogP contribution is 2.39. The summed E-state index contributed by atoms with van der Waals surface area (Å²) in [7, 11) is 1.74. The largest absolute Gasteiger partial charge is 0.479 e. The van der Waals surface area contributed by atoms with Crippen molar-refractivity contribution in [2.45, 2.75) is 43.9 Å². The molecule has 0 spiro atoms. The van der Waals surface area contributed by atoms with Gasteiger partial charge in [0.05, 0.1) is 18.4 Å². The molecular formula is C15H17N5O3. The highest BCUT2D eigenvalue weighted by molar-refractivity contribution is 5.86. The molecule has 0 fully saturated rings. The van der Waals surface area contributed by atoms with Gasteiger partial charge in [-0.3, -0.25) is 9.48 Å². The van der Waals surface area contributed by atoms with Gasteiger partial charge in [-0.2, -0.15) is 15.3 Å². The molecule has 23 heavy (non-hydrogen) atoms. The molecule has 2 aliphatic rings. The van der Waals surface area contributed by atoms with Crippen LogP contribution in [0, 0.1) is 12.3 Å². The zero-order valence-corrected chi connectivity index (χ0v) is 12.8. The van der Waals surface area contributed by atoms with Crippen LogP contribution in [0.25, 0.3) is 0 Å². The summed E-state index contributed by atoms with van der Waals surface area (Å²) < 4.78 is 1.61. The third-order valence-electron chi connectivity index (χ3n) is 4.37. The van der Waals surface area contributed by atoms with Gasteiger partial charge < -0.3 is 10.0 Å². The molecule has 0 radical (unpaired) electrons. The number of fused-ring (bicyclic) bond motifs is 1. The Labute approximate surface area is 133 Å². The van der Waals surface area contributed by atoms with Crippen LogP contribution in [0.3, 0.4) is 0 Å². The van der Waals surface area contributed by atoms with E-state index in [2.05, 4.69) is 21.2 Å². The monoisotopic (exact) mass is 315 g/mol. The Morgan fingerprint density at radius 3 is 2.83 bits per heavy atom. The van der Waals surface area contributed by atoms with Crippen molar-refractivity contribution >= 4 is 11.9 Å². The van der Waals surface area contributed by atoms with Gasteiger partial charge in [0.1, 0.15) is 0 Å². The number of carbonyl (C=O) groups is 2. The molecule has 0 saturated heterocycles. The lowest BCUT2D eigenvalue weighted by atomic mass is 10.0. The van der Waals surface area contributed by atoms with Gasteiger partial charge in [0.25, 0.3) is 0 Å². The number of carboxylic acid groups (broad SMARTS) is 1. The van der Waals surface area contributed by atoms with Crippen molar-refractivity contribution in [3.8, 4) is 12.3 Å². The van der Waals surface area contributed by atoms with Crippen LogP contribution >= 0.6 is 0 Å². The first-order valence-corrected chi connectivity index (χ1v) is 7.38. The van der Waals surface area contributed by atoms with E-state index in [1.807, 2.05) is 0 Å². The van der Waals surface area contributed by atoms with Crippen LogP contribution in [-0.2, 0) is 23.2 Å². The van der Waals surface area contributed by atoms with Crippen LogP contribution in [0.1, 0.15) is 43.0 Å². The lowest BCUT2D eigenvalue weighted by Gasteiger charge is -2.22. The van der Waals surface area contributed by atoms with Crippen molar-refractivity contribution in [3.63, 3.8) is 0 Å². The van der Waals surface area contributed by atoms with E-state index < -0.39 is 17.7 Å². The molecule has 8 heteroatoms. The second-order valence-electron chi connectivity index (χ2n) is 5.82. The first-order chi connectivity index (χ1) is 11.0. The van der Waals surface area contributed by atoms with Crippen LogP contribution in [0.2, 0.25) is 0 Å². The number of carbonyl (C=O) groups excluding carboxylic acids is 1. The van der Waals surface area contributed by atoms with Gasteiger partial charge in [-0.05, 0) is 0 Å². The summed E-state index contributed by atoms with van der Waals surface area (Å²) in [5.41, 5.74) is 0.805. The maximum atomic E-state index is 12.5. The second kappa shape index (κ2) is 5.50. The Kier molecular flexibility index (Phi) is 3.64. The molecule has 1 atom stereocenters. The minimum atomic E-state index is -1.05.